The highest BCUT2D eigenvalue weighted by Crippen LogP contribution is 2.76. The molecule has 2 heterocycles. The second-order valence-electron chi connectivity index (χ2n) is 10.2. The molecular weight excluding hydrogens is 320 g/mol. The van der Waals surface area contributed by atoms with Gasteiger partial charge in [0.15, 0.2) is 0 Å². The number of carboxylic acid groups (broad SMARTS) is 1. The van der Waals surface area contributed by atoms with Crippen LogP contribution in [0.25, 0.3) is 0 Å². The number of rotatable bonds is 2. The first-order valence-electron chi connectivity index (χ1n) is 9.95. The largest absolute Gasteiger partial charge is 0.481 e. The molecule has 9 atom stereocenters. The first-order chi connectivity index (χ1) is 11.7. The average Bonchev–Trinajstić information content (AvgIpc) is 2.93. The predicted molar refractivity (Wildman–Crippen MR) is 89.8 cm³/mol. The molecule has 2 aliphatic heterocycles. The van der Waals surface area contributed by atoms with Crippen molar-refractivity contribution in [2.75, 3.05) is 6.61 Å². The van der Waals surface area contributed by atoms with Crippen molar-refractivity contribution in [2.45, 2.75) is 76.6 Å². The zero-order valence-electron chi connectivity index (χ0n) is 15.2. The maximum atomic E-state index is 12.1. The van der Waals surface area contributed by atoms with E-state index in [0.717, 1.165) is 44.9 Å². The van der Waals surface area contributed by atoms with Crippen LogP contribution in [0.2, 0.25) is 0 Å². The molecule has 3 N–H and O–H groups in total. The normalized spacial score (nSPS) is 61.8. The fourth-order valence-electron chi connectivity index (χ4n) is 8.71. The van der Waals surface area contributed by atoms with E-state index in [0.29, 0.717) is 0 Å². The van der Waals surface area contributed by atoms with Crippen molar-refractivity contribution < 1.29 is 24.9 Å². The molecule has 6 aliphatic rings. The molecule has 25 heavy (non-hydrogen) atoms. The monoisotopic (exact) mass is 350 g/mol. The van der Waals surface area contributed by atoms with Crippen LogP contribution in [0.3, 0.4) is 0 Å². The Morgan fingerprint density at radius 2 is 2.00 bits per heavy atom. The van der Waals surface area contributed by atoms with Crippen LogP contribution in [-0.2, 0) is 9.53 Å². The zero-order valence-corrected chi connectivity index (χ0v) is 15.2. The van der Waals surface area contributed by atoms with Crippen LogP contribution in [0.15, 0.2) is 0 Å². The molecule has 140 valence electrons. The minimum Gasteiger partial charge on any atom is -0.481 e. The summed E-state index contributed by atoms with van der Waals surface area (Å²) in [6.45, 7) is 4.11. The Morgan fingerprint density at radius 3 is 2.64 bits per heavy atom. The Labute approximate surface area is 148 Å². The molecule has 0 radical (unpaired) electrons. The van der Waals surface area contributed by atoms with Gasteiger partial charge in [0, 0.05) is 5.41 Å². The molecule has 0 unspecified atom stereocenters. The molecule has 4 bridgehead atoms. The summed E-state index contributed by atoms with van der Waals surface area (Å²) >= 11 is 0. The quantitative estimate of drug-likeness (QED) is 0.711. The highest BCUT2D eigenvalue weighted by atomic mass is 16.5. The van der Waals surface area contributed by atoms with Crippen LogP contribution < -0.4 is 0 Å². The maximum absolute atomic E-state index is 12.1. The van der Waals surface area contributed by atoms with Crippen molar-refractivity contribution in [3.63, 3.8) is 0 Å². The van der Waals surface area contributed by atoms with Gasteiger partial charge in [-0.15, -0.1) is 0 Å². The van der Waals surface area contributed by atoms with Crippen LogP contribution in [0.4, 0.5) is 0 Å². The van der Waals surface area contributed by atoms with E-state index in [4.69, 9.17) is 4.74 Å². The van der Waals surface area contributed by atoms with Gasteiger partial charge in [-0.3, -0.25) is 4.79 Å². The van der Waals surface area contributed by atoms with E-state index in [2.05, 4.69) is 6.92 Å². The molecule has 4 aliphatic carbocycles. The summed E-state index contributed by atoms with van der Waals surface area (Å²) < 4.78 is 6.36. The molecule has 1 spiro atoms. The van der Waals surface area contributed by atoms with E-state index in [9.17, 15) is 20.1 Å². The summed E-state index contributed by atoms with van der Waals surface area (Å²) in [6, 6.07) is 0. The van der Waals surface area contributed by atoms with Gasteiger partial charge >= 0.3 is 5.97 Å². The van der Waals surface area contributed by atoms with Gasteiger partial charge in [-0.05, 0) is 68.6 Å². The van der Waals surface area contributed by atoms with Gasteiger partial charge in [-0.2, -0.15) is 0 Å². The summed E-state index contributed by atoms with van der Waals surface area (Å²) in [4.78, 5) is 12.1. The molecular formula is C20H30O5. The van der Waals surface area contributed by atoms with Crippen molar-refractivity contribution in [1.82, 2.24) is 0 Å². The molecule has 0 aromatic rings. The lowest BCUT2D eigenvalue weighted by atomic mass is 9.40. The first kappa shape index (κ1) is 16.5. The highest BCUT2D eigenvalue weighted by molar-refractivity contribution is 5.75. The number of ether oxygens (including phenoxy) is 1. The standard InChI is InChI=1S/C20H30O5/c1-17-5-3-6-18(2,16(23)24)13(17)4-7-19-9-11-8-12(14(17)19)25-20(11,10-21)15(19)22/h11-15,21-22H,3-10H2,1-2H3,(H,23,24)/t11-,12+,13+,14+,15+,17-,18-,19-,20+/m1/s1. The molecule has 2 saturated heterocycles. The van der Waals surface area contributed by atoms with Crippen LogP contribution >= 0.6 is 0 Å². The molecule has 0 aromatic heterocycles. The van der Waals surface area contributed by atoms with Crippen molar-refractivity contribution >= 4 is 5.97 Å². The highest BCUT2D eigenvalue weighted by Gasteiger charge is 2.79. The number of carboxylic acids is 1. The summed E-state index contributed by atoms with van der Waals surface area (Å²) in [5.74, 6) is -0.0623. The van der Waals surface area contributed by atoms with Crippen molar-refractivity contribution in [3.05, 3.63) is 0 Å². The van der Waals surface area contributed by atoms with Gasteiger partial charge < -0.3 is 20.1 Å². The fourth-order valence-corrected chi connectivity index (χ4v) is 8.71. The summed E-state index contributed by atoms with van der Waals surface area (Å²) in [6.07, 6.45) is 5.74. The SMILES string of the molecule is C[C@@]12CCC[C@@](C)(C(=O)O)[C@H]1CC[C@]13C[C@H]4C[C@H](O[C@]4(CO)[C@H]1O)[C@@H]23. The third-order valence-corrected chi connectivity index (χ3v) is 9.53. The average molecular weight is 350 g/mol. The lowest BCUT2D eigenvalue weighted by Gasteiger charge is -2.66. The number of hydrogen-bond donors (Lipinski definition) is 3. The Bertz CT molecular complexity index is 636. The number of fused-ring (bicyclic) bond motifs is 1. The lowest BCUT2D eigenvalue weighted by molar-refractivity contribution is -0.280. The molecule has 4 saturated carbocycles. The second kappa shape index (κ2) is 4.60. The minimum absolute atomic E-state index is 0.0678. The summed E-state index contributed by atoms with van der Waals surface area (Å²) in [5, 5.41) is 31.3. The van der Waals surface area contributed by atoms with Gasteiger partial charge in [0.25, 0.3) is 0 Å². The van der Waals surface area contributed by atoms with E-state index in [1.54, 1.807) is 0 Å². The number of aliphatic hydroxyl groups excluding tert-OH is 2. The molecule has 0 aromatic carbocycles. The van der Waals surface area contributed by atoms with Gasteiger partial charge in [0.05, 0.1) is 24.2 Å². The smallest absolute Gasteiger partial charge is 0.309 e. The Kier molecular flexibility index (Phi) is 3.04. The minimum atomic E-state index is -0.755. The van der Waals surface area contributed by atoms with Gasteiger partial charge in [-0.1, -0.05) is 13.3 Å². The lowest BCUT2D eigenvalue weighted by Crippen LogP contribution is -2.67. The third kappa shape index (κ3) is 1.57. The van der Waals surface area contributed by atoms with Crippen LogP contribution in [0, 0.1) is 34.0 Å². The van der Waals surface area contributed by atoms with Crippen molar-refractivity contribution in [3.8, 4) is 0 Å². The Morgan fingerprint density at radius 1 is 1.24 bits per heavy atom. The van der Waals surface area contributed by atoms with Crippen LogP contribution in [0.5, 0.6) is 0 Å². The Hall–Kier alpha value is -0.650. The predicted octanol–water partition coefficient (Wildman–Crippen LogP) is 2.19. The van der Waals surface area contributed by atoms with E-state index < -0.39 is 23.1 Å². The van der Waals surface area contributed by atoms with E-state index in [-0.39, 0.29) is 41.3 Å². The third-order valence-electron chi connectivity index (χ3n) is 9.53. The Balaban J connectivity index is 1.61. The van der Waals surface area contributed by atoms with Crippen molar-refractivity contribution in [1.29, 1.82) is 0 Å². The van der Waals surface area contributed by atoms with Crippen LogP contribution in [0.1, 0.15) is 58.8 Å². The molecule has 0 amide bonds. The molecule has 5 nitrogen and oxygen atoms in total. The zero-order chi connectivity index (χ0) is 17.8. The summed E-state index contributed by atoms with van der Waals surface area (Å²) in [7, 11) is 0. The summed E-state index contributed by atoms with van der Waals surface area (Å²) in [5.41, 5.74) is -1.72. The van der Waals surface area contributed by atoms with E-state index in [1.165, 1.54) is 0 Å². The van der Waals surface area contributed by atoms with Gasteiger partial charge in [0.2, 0.25) is 0 Å². The van der Waals surface area contributed by atoms with Gasteiger partial charge in [0.1, 0.15) is 5.60 Å². The fraction of sp³-hybridized carbons (Fsp3) is 0.950. The maximum Gasteiger partial charge on any atom is 0.309 e. The molecule has 5 heteroatoms. The number of aliphatic carboxylic acids is 1. The van der Waals surface area contributed by atoms with Crippen LogP contribution in [-0.4, -0.2) is 45.7 Å². The van der Waals surface area contributed by atoms with E-state index in [1.807, 2.05) is 6.92 Å². The van der Waals surface area contributed by atoms with Gasteiger partial charge in [-0.25, -0.2) is 0 Å². The number of aliphatic hydroxyl groups is 2. The molecule has 6 rings (SSSR count). The number of carbonyl (C=O) groups is 1. The number of hydrogen-bond acceptors (Lipinski definition) is 4. The van der Waals surface area contributed by atoms with E-state index >= 15 is 0 Å². The first-order valence-corrected chi connectivity index (χ1v) is 9.95. The second-order valence-corrected chi connectivity index (χ2v) is 10.2. The molecule has 6 fully saturated rings. The topological polar surface area (TPSA) is 87.0 Å². The van der Waals surface area contributed by atoms with Crippen molar-refractivity contribution in [2.24, 2.45) is 34.0 Å².